The largest absolute Gasteiger partial charge is 0.454 e. The molecule has 0 spiro atoms. The third kappa shape index (κ3) is 3.08. The van der Waals surface area contributed by atoms with Crippen LogP contribution in [0.2, 0.25) is 0 Å². The van der Waals surface area contributed by atoms with Crippen molar-refractivity contribution in [3.8, 4) is 11.5 Å². The molecule has 0 fully saturated rings. The number of ether oxygens (including phenoxy) is 2. The summed E-state index contributed by atoms with van der Waals surface area (Å²) in [6, 6.07) is 12.8. The van der Waals surface area contributed by atoms with Gasteiger partial charge in [-0.2, -0.15) is 0 Å². The van der Waals surface area contributed by atoms with Gasteiger partial charge in [-0.3, -0.25) is 4.79 Å². The SMILES string of the molecule is O=C(C=CNc1ccccc1Br)c1ccc2c(c1)OCO2. The highest BCUT2D eigenvalue weighted by Crippen LogP contribution is 2.32. The molecule has 0 unspecified atom stereocenters. The van der Waals surface area contributed by atoms with Gasteiger partial charge in [-0.25, -0.2) is 0 Å². The third-order valence-corrected chi connectivity index (χ3v) is 3.70. The zero-order valence-electron chi connectivity index (χ0n) is 11.0. The highest BCUT2D eigenvalue weighted by Gasteiger charge is 2.14. The van der Waals surface area contributed by atoms with Gasteiger partial charge in [0.2, 0.25) is 6.79 Å². The highest BCUT2D eigenvalue weighted by molar-refractivity contribution is 9.10. The molecule has 4 nitrogen and oxygen atoms in total. The molecule has 0 amide bonds. The number of allylic oxidation sites excluding steroid dienone is 1. The van der Waals surface area contributed by atoms with E-state index in [2.05, 4.69) is 21.2 Å². The molecule has 0 radical (unpaired) electrons. The standard InChI is InChI=1S/C16H12BrNO3/c17-12-3-1-2-4-13(12)18-8-7-14(19)11-5-6-15-16(9-11)21-10-20-15/h1-9,18H,10H2. The molecule has 0 saturated carbocycles. The Morgan fingerprint density at radius 1 is 1.14 bits per heavy atom. The van der Waals surface area contributed by atoms with Crippen LogP contribution in [0, 0.1) is 0 Å². The predicted octanol–water partition coefficient (Wildman–Crippen LogP) is 3.99. The molecule has 1 aliphatic heterocycles. The van der Waals surface area contributed by atoms with Gasteiger partial charge in [-0.1, -0.05) is 12.1 Å². The minimum Gasteiger partial charge on any atom is -0.454 e. The fraction of sp³-hybridized carbons (Fsp3) is 0.0625. The number of hydrogen-bond acceptors (Lipinski definition) is 4. The second kappa shape index (κ2) is 6.01. The van der Waals surface area contributed by atoms with Crippen molar-refractivity contribution in [1.29, 1.82) is 0 Å². The molecule has 2 aromatic rings. The van der Waals surface area contributed by atoms with Gasteiger partial charge in [0.25, 0.3) is 0 Å². The van der Waals surface area contributed by atoms with E-state index in [0.717, 1.165) is 10.2 Å². The van der Waals surface area contributed by atoms with E-state index in [-0.39, 0.29) is 12.6 Å². The van der Waals surface area contributed by atoms with Gasteiger partial charge in [-0.15, -0.1) is 0 Å². The molecule has 0 bridgehead atoms. The number of hydrogen-bond donors (Lipinski definition) is 1. The zero-order chi connectivity index (χ0) is 14.7. The van der Waals surface area contributed by atoms with E-state index >= 15 is 0 Å². The van der Waals surface area contributed by atoms with Crippen molar-refractivity contribution >= 4 is 27.4 Å². The van der Waals surface area contributed by atoms with E-state index in [1.165, 1.54) is 6.08 Å². The van der Waals surface area contributed by atoms with Crippen molar-refractivity contribution < 1.29 is 14.3 Å². The highest BCUT2D eigenvalue weighted by atomic mass is 79.9. The summed E-state index contributed by atoms with van der Waals surface area (Å²) in [5.41, 5.74) is 1.46. The van der Waals surface area contributed by atoms with Crippen LogP contribution in [0.1, 0.15) is 10.4 Å². The van der Waals surface area contributed by atoms with Crippen LogP contribution in [0.5, 0.6) is 11.5 Å². The van der Waals surface area contributed by atoms with Crippen molar-refractivity contribution in [2.45, 2.75) is 0 Å². The van der Waals surface area contributed by atoms with Crippen molar-refractivity contribution in [1.82, 2.24) is 0 Å². The number of carbonyl (C=O) groups excluding carboxylic acids is 1. The summed E-state index contributed by atoms with van der Waals surface area (Å²) in [5.74, 6) is 1.17. The van der Waals surface area contributed by atoms with E-state index in [9.17, 15) is 4.79 Å². The number of fused-ring (bicyclic) bond motifs is 1. The lowest BCUT2D eigenvalue weighted by Crippen LogP contribution is -1.96. The maximum atomic E-state index is 12.1. The second-order valence-corrected chi connectivity index (χ2v) is 5.24. The number of para-hydroxylation sites is 1. The molecule has 5 heteroatoms. The lowest BCUT2D eigenvalue weighted by Gasteiger charge is -2.03. The third-order valence-electron chi connectivity index (χ3n) is 3.00. The Morgan fingerprint density at radius 2 is 1.95 bits per heavy atom. The Kier molecular flexibility index (Phi) is 3.92. The van der Waals surface area contributed by atoms with Crippen LogP contribution in [0.3, 0.4) is 0 Å². The van der Waals surface area contributed by atoms with Crippen molar-refractivity contribution in [3.05, 3.63) is 64.8 Å². The quantitative estimate of drug-likeness (QED) is 0.672. The molecule has 3 rings (SSSR count). The Bertz CT molecular complexity index is 712. The molecule has 0 atom stereocenters. The Hall–Kier alpha value is -2.27. The average Bonchev–Trinajstić information content (AvgIpc) is 2.96. The molecule has 1 heterocycles. The van der Waals surface area contributed by atoms with Crippen molar-refractivity contribution in [3.63, 3.8) is 0 Å². The molecule has 0 aliphatic carbocycles. The smallest absolute Gasteiger partial charge is 0.231 e. The van der Waals surface area contributed by atoms with E-state index < -0.39 is 0 Å². The van der Waals surface area contributed by atoms with Crippen LogP contribution in [0.15, 0.2) is 59.2 Å². The fourth-order valence-electron chi connectivity index (χ4n) is 1.93. The van der Waals surface area contributed by atoms with Crippen LogP contribution in [-0.4, -0.2) is 12.6 Å². The lowest BCUT2D eigenvalue weighted by molar-refractivity contribution is 0.104. The van der Waals surface area contributed by atoms with Crippen LogP contribution in [-0.2, 0) is 0 Å². The van der Waals surface area contributed by atoms with Gasteiger partial charge < -0.3 is 14.8 Å². The first kappa shape index (κ1) is 13.7. The molecular formula is C16H12BrNO3. The normalized spacial score (nSPS) is 12.6. The summed E-state index contributed by atoms with van der Waals surface area (Å²) in [6.45, 7) is 0.201. The van der Waals surface area contributed by atoms with Crippen LogP contribution < -0.4 is 14.8 Å². The first-order chi connectivity index (χ1) is 10.2. The number of rotatable bonds is 4. The van der Waals surface area contributed by atoms with Gasteiger partial charge >= 0.3 is 0 Å². The van der Waals surface area contributed by atoms with Crippen molar-refractivity contribution in [2.75, 3.05) is 12.1 Å². The van der Waals surface area contributed by atoms with E-state index in [0.29, 0.717) is 17.1 Å². The van der Waals surface area contributed by atoms with E-state index in [1.54, 1.807) is 24.4 Å². The average molecular weight is 346 g/mol. The summed E-state index contributed by atoms with van der Waals surface area (Å²) in [5, 5.41) is 3.06. The van der Waals surface area contributed by atoms with Gasteiger partial charge in [0.1, 0.15) is 0 Å². The first-order valence-electron chi connectivity index (χ1n) is 6.35. The first-order valence-corrected chi connectivity index (χ1v) is 7.15. The summed E-state index contributed by atoms with van der Waals surface area (Å²) in [7, 11) is 0. The summed E-state index contributed by atoms with van der Waals surface area (Å²) >= 11 is 3.43. The Balaban J connectivity index is 1.69. The molecular weight excluding hydrogens is 334 g/mol. The Labute approximate surface area is 130 Å². The van der Waals surface area contributed by atoms with Gasteiger partial charge in [0.05, 0.1) is 5.69 Å². The Morgan fingerprint density at radius 3 is 2.81 bits per heavy atom. The maximum Gasteiger partial charge on any atom is 0.231 e. The number of carbonyl (C=O) groups is 1. The zero-order valence-corrected chi connectivity index (χ0v) is 12.6. The number of benzene rings is 2. The van der Waals surface area contributed by atoms with Crippen LogP contribution in [0.4, 0.5) is 5.69 Å². The van der Waals surface area contributed by atoms with Crippen molar-refractivity contribution in [2.24, 2.45) is 0 Å². The van der Waals surface area contributed by atoms with Crippen LogP contribution >= 0.6 is 15.9 Å². The number of anilines is 1. The van der Waals surface area contributed by atoms with E-state index in [4.69, 9.17) is 9.47 Å². The van der Waals surface area contributed by atoms with E-state index in [1.807, 2.05) is 24.3 Å². The summed E-state index contributed by atoms with van der Waals surface area (Å²) in [6.07, 6.45) is 3.10. The number of ketones is 1. The maximum absolute atomic E-state index is 12.1. The lowest BCUT2D eigenvalue weighted by atomic mass is 10.1. The predicted molar refractivity (Wildman–Crippen MR) is 83.8 cm³/mol. The minimum absolute atomic E-state index is 0.104. The van der Waals surface area contributed by atoms with Gasteiger partial charge in [0.15, 0.2) is 17.3 Å². The molecule has 0 saturated heterocycles. The van der Waals surface area contributed by atoms with Gasteiger partial charge in [-0.05, 0) is 46.3 Å². The molecule has 2 aromatic carbocycles. The fourth-order valence-corrected chi connectivity index (χ4v) is 2.33. The van der Waals surface area contributed by atoms with Gasteiger partial charge in [0, 0.05) is 22.3 Å². The van der Waals surface area contributed by atoms with Crippen LogP contribution in [0.25, 0.3) is 0 Å². The molecule has 21 heavy (non-hydrogen) atoms. The molecule has 1 N–H and O–H groups in total. The molecule has 0 aromatic heterocycles. The second-order valence-electron chi connectivity index (χ2n) is 4.39. The topological polar surface area (TPSA) is 47.6 Å². The summed E-state index contributed by atoms with van der Waals surface area (Å²) < 4.78 is 11.4. The molecule has 106 valence electrons. The molecule has 1 aliphatic rings. The monoisotopic (exact) mass is 345 g/mol. The number of halogens is 1. The number of nitrogens with one attached hydrogen (secondary N) is 1. The minimum atomic E-state index is -0.104. The summed E-state index contributed by atoms with van der Waals surface area (Å²) in [4.78, 5) is 12.1.